The van der Waals surface area contributed by atoms with Crippen LogP contribution in [0.4, 0.5) is 5.69 Å². The maximum atomic E-state index is 6.50. The van der Waals surface area contributed by atoms with Crippen LogP contribution in [-0.2, 0) is 0 Å². The first-order chi connectivity index (χ1) is 11.0. The van der Waals surface area contributed by atoms with Crippen LogP contribution >= 0.6 is 23.2 Å². The van der Waals surface area contributed by atoms with Crippen molar-refractivity contribution in [3.05, 3.63) is 74.8 Å². The predicted octanol–water partition coefficient (Wildman–Crippen LogP) is 6.44. The Hall–Kier alpha value is -1.44. The first-order valence-electron chi connectivity index (χ1n) is 8.04. The van der Waals surface area contributed by atoms with Gasteiger partial charge in [-0.25, -0.2) is 0 Å². The minimum Gasteiger partial charge on any atom is -0.378 e. The van der Waals surface area contributed by atoms with Gasteiger partial charge in [0.2, 0.25) is 0 Å². The van der Waals surface area contributed by atoms with E-state index in [0.717, 1.165) is 17.0 Å². The molecule has 0 aromatic heterocycles. The molecule has 1 N–H and O–H groups in total. The van der Waals surface area contributed by atoms with Crippen molar-refractivity contribution >= 4 is 28.9 Å². The molecule has 23 heavy (non-hydrogen) atoms. The van der Waals surface area contributed by atoms with E-state index in [1.165, 1.54) is 22.4 Å². The summed E-state index contributed by atoms with van der Waals surface area (Å²) in [6.07, 6.45) is 5.75. The molecule has 0 saturated carbocycles. The number of allylic oxidation sites excluding steroid dienone is 2. The van der Waals surface area contributed by atoms with E-state index in [4.69, 9.17) is 23.2 Å². The van der Waals surface area contributed by atoms with Gasteiger partial charge in [-0.3, -0.25) is 0 Å². The highest BCUT2D eigenvalue weighted by atomic mass is 35.5. The second-order valence-corrected chi connectivity index (χ2v) is 7.53. The Bertz CT molecular complexity index is 810. The predicted molar refractivity (Wildman–Crippen MR) is 98.7 cm³/mol. The maximum Gasteiger partial charge on any atom is 0.0568 e. The largest absolute Gasteiger partial charge is 0.378 e. The maximum absolute atomic E-state index is 6.50. The molecule has 0 spiro atoms. The highest BCUT2D eigenvalue weighted by molar-refractivity contribution is 6.35. The highest BCUT2D eigenvalue weighted by Crippen LogP contribution is 2.51. The fraction of sp³-hybridized carbons (Fsp3) is 0.300. The van der Waals surface area contributed by atoms with Crippen molar-refractivity contribution in [2.75, 3.05) is 5.32 Å². The molecule has 0 radical (unpaired) electrons. The fourth-order valence-electron chi connectivity index (χ4n) is 4.20. The zero-order valence-corrected chi connectivity index (χ0v) is 14.7. The van der Waals surface area contributed by atoms with Gasteiger partial charge in [-0.2, -0.15) is 0 Å². The molecule has 0 bridgehead atoms. The Morgan fingerprint density at radius 1 is 1.09 bits per heavy atom. The number of anilines is 1. The molecule has 0 amide bonds. The van der Waals surface area contributed by atoms with Crippen LogP contribution in [-0.4, -0.2) is 0 Å². The Kier molecular flexibility index (Phi) is 3.66. The topological polar surface area (TPSA) is 12.0 Å². The third kappa shape index (κ3) is 2.47. The number of hydrogen-bond donors (Lipinski definition) is 1. The van der Waals surface area contributed by atoms with Gasteiger partial charge in [-0.1, -0.05) is 47.5 Å². The molecule has 1 heterocycles. The first kappa shape index (κ1) is 15.1. The van der Waals surface area contributed by atoms with Crippen molar-refractivity contribution in [1.82, 2.24) is 0 Å². The van der Waals surface area contributed by atoms with Crippen LogP contribution in [0.2, 0.25) is 10.0 Å². The number of benzene rings is 2. The summed E-state index contributed by atoms with van der Waals surface area (Å²) in [6.45, 7) is 4.36. The average Bonchev–Trinajstić information content (AvgIpc) is 2.95. The lowest BCUT2D eigenvalue weighted by atomic mass is 9.75. The molecule has 2 aliphatic rings. The van der Waals surface area contributed by atoms with Crippen LogP contribution < -0.4 is 5.32 Å². The number of aryl methyl sites for hydroxylation is 2. The average molecular weight is 344 g/mol. The zero-order chi connectivity index (χ0) is 16.1. The monoisotopic (exact) mass is 343 g/mol. The third-order valence-electron chi connectivity index (χ3n) is 5.11. The van der Waals surface area contributed by atoms with Crippen molar-refractivity contribution in [1.29, 1.82) is 0 Å². The van der Waals surface area contributed by atoms with Gasteiger partial charge in [0.1, 0.15) is 0 Å². The Labute approximate surface area is 147 Å². The van der Waals surface area contributed by atoms with Gasteiger partial charge in [0, 0.05) is 21.7 Å². The molecule has 2 aromatic rings. The van der Waals surface area contributed by atoms with Gasteiger partial charge < -0.3 is 5.32 Å². The van der Waals surface area contributed by atoms with E-state index in [2.05, 4.69) is 49.5 Å². The second-order valence-electron chi connectivity index (χ2n) is 6.68. The van der Waals surface area contributed by atoms with Crippen LogP contribution in [0.5, 0.6) is 0 Å². The van der Waals surface area contributed by atoms with Crippen molar-refractivity contribution in [2.24, 2.45) is 5.92 Å². The molecule has 0 saturated heterocycles. The second kappa shape index (κ2) is 5.58. The summed E-state index contributed by atoms with van der Waals surface area (Å²) in [5, 5.41) is 5.19. The SMILES string of the molecule is Cc1cc(C)c2c(c1)N[C@H](c1ccc(Cl)cc1Cl)[C@H]1CC=C[C@@H]21. The van der Waals surface area contributed by atoms with Crippen molar-refractivity contribution < 1.29 is 0 Å². The number of rotatable bonds is 1. The normalized spacial score (nSPS) is 25.0. The summed E-state index contributed by atoms with van der Waals surface area (Å²) in [7, 11) is 0. The number of fused-ring (bicyclic) bond motifs is 3. The fourth-order valence-corrected chi connectivity index (χ4v) is 4.73. The molecule has 1 nitrogen and oxygen atoms in total. The van der Waals surface area contributed by atoms with Crippen LogP contribution in [0, 0.1) is 19.8 Å². The lowest BCUT2D eigenvalue weighted by molar-refractivity contribution is 0.424. The van der Waals surface area contributed by atoms with Gasteiger partial charge in [-0.05, 0) is 66.6 Å². The van der Waals surface area contributed by atoms with E-state index in [9.17, 15) is 0 Å². The molecule has 0 unspecified atom stereocenters. The number of halogens is 2. The first-order valence-corrected chi connectivity index (χ1v) is 8.79. The summed E-state index contributed by atoms with van der Waals surface area (Å²) in [5.41, 5.74) is 6.48. The molecule has 3 heteroatoms. The van der Waals surface area contributed by atoms with Gasteiger partial charge >= 0.3 is 0 Å². The van der Waals surface area contributed by atoms with E-state index in [0.29, 0.717) is 16.9 Å². The standard InChI is InChI=1S/C20H19Cl2N/c1-11-8-12(2)19-14-4-3-5-15(14)20(23-18(19)9-11)16-7-6-13(21)10-17(16)22/h3-4,6-10,14-15,20,23H,5H2,1-2H3/t14-,15+,20+/m1/s1. The molecule has 2 aromatic carbocycles. The molecular weight excluding hydrogens is 325 g/mol. The van der Waals surface area contributed by atoms with Crippen LogP contribution in [0.25, 0.3) is 0 Å². The minimum absolute atomic E-state index is 0.216. The summed E-state index contributed by atoms with van der Waals surface area (Å²) in [4.78, 5) is 0. The molecule has 3 atom stereocenters. The number of nitrogens with one attached hydrogen (secondary N) is 1. The van der Waals surface area contributed by atoms with E-state index in [1.807, 2.05) is 12.1 Å². The van der Waals surface area contributed by atoms with Crippen molar-refractivity contribution in [3.63, 3.8) is 0 Å². The molecular formula is C20H19Cl2N. The summed E-state index contributed by atoms with van der Waals surface area (Å²) >= 11 is 12.6. The van der Waals surface area contributed by atoms with Crippen molar-refractivity contribution in [2.45, 2.75) is 32.2 Å². The van der Waals surface area contributed by atoms with E-state index in [1.54, 1.807) is 0 Å². The van der Waals surface area contributed by atoms with Crippen LogP contribution in [0.3, 0.4) is 0 Å². The molecule has 1 aliphatic heterocycles. The molecule has 0 fully saturated rings. The number of hydrogen-bond acceptors (Lipinski definition) is 1. The van der Waals surface area contributed by atoms with Gasteiger partial charge in [-0.15, -0.1) is 0 Å². The van der Waals surface area contributed by atoms with E-state index in [-0.39, 0.29) is 6.04 Å². The van der Waals surface area contributed by atoms with Crippen LogP contribution in [0.15, 0.2) is 42.5 Å². The minimum atomic E-state index is 0.216. The van der Waals surface area contributed by atoms with E-state index >= 15 is 0 Å². The lowest BCUT2D eigenvalue weighted by Crippen LogP contribution is -2.30. The molecule has 1 aliphatic carbocycles. The highest BCUT2D eigenvalue weighted by Gasteiger charge is 2.39. The van der Waals surface area contributed by atoms with Crippen LogP contribution in [0.1, 0.15) is 40.6 Å². The van der Waals surface area contributed by atoms with Crippen molar-refractivity contribution in [3.8, 4) is 0 Å². The summed E-state index contributed by atoms with van der Waals surface area (Å²) < 4.78 is 0. The zero-order valence-electron chi connectivity index (χ0n) is 13.2. The lowest BCUT2D eigenvalue weighted by Gasteiger charge is -2.39. The molecule has 118 valence electrons. The Morgan fingerprint density at radius 3 is 2.70 bits per heavy atom. The molecule has 4 rings (SSSR count). The smallest absolute Gasteiger partial charge is 0.0568 e. The Balaban J connectivity index is 1.84. The summed E-state index contributed by atoms with van der Waals surface area (Å²) in [6, 6.07) is 10.6. The van der Waals surface area contributed by atoms with Gasteiger partial charge in [0.15, 0.2) is 0 Å². The quantitative estimate of drug-likeness (QED) is 0.587. The Morgan fingerprint density at radius 2 is 1.91 bits per heavy atom. The van der Waals surface area contributed by atoms with Gasteiger partial charge in [0.25, 0.3) is 0 Å². The van der Waals surface area contributed by atoms with E-state index < -0.39 is 0 Å². The summed E-state index contributed by atoms with van der Waals surface area (Å²) in [5.74, 6) is 0.964. The third-order valence-corrected chi connectivity index (χ3v) is 5.68. The van der Waals surface area contributed by atoms with Gasteiger partial charge in [0.05, 0.1) is 6.04 Å².